The molecule has 0 amide bonds. The number of methoxy groups -OCH3 is 1. The Bertz CT molecular complexity index is 791. The van der Waals surface area contributed by atoms with Gasteiger partial charge < -0.3 is 4.74 Å². The van der Waals surface area contributed by atoms with Crippen molar-refractivity contribution in [1.82, 2.24) is 14.6 Å². The molecule has 0 saturated heterocycles. The van der Waals surface area contributed by atoms with Crippen LogP contribution in [0.25, 0.3) is 16.2 Å². The summed E-state index contributed by atoms with van der Waals surface area (Å²) in [6.45, 7) is 2.10. The number of carbonyl (C=O) groups excluding carboxylic acids is 1. The summed E-state index contributed by atoms with van der Waals surface area (Å²) in [4.78, 5) is 16.8. The van der Waals surface area contributed by atoms with Gasteiger partial charge in [0.25, 0.3) is 0 Å². The Morgan fingerprint density at radius 3 is 3.00 bits per heavy atom. The number of benzene rings is 1. The van der Waals surface area contributed by atoms with E-state index < -0.39 is 0 Å². The maximum Gasteiger partial charge on any atom is 0.213 e. The van der Waals surface area contributed by atoms with Crippen LogP contribution in [0.1, 0.15) is 28.8 Å². The van der Waals surface area contributed by atoms with Crippen molar-refractivity contribution in [3.63, 3.8) is 0 Å². The molecule has 0 saturated carbocycles. The molecule has 0 atom stereocenters. The van der Waals surface area contributed by atoms with Crippen LogP contribution in [0.2, 0.25) is 0 Å². The summed E-state index contributed by atoms with van der Waals surface area (Å²) in [6.07, 6.45) is 2.74. The van der Waals surface area contributed by atoms with Crippen LogP contribution in [0.3, 0.4) is 0 Å². The quantitative estimate of drug-likeness (QED) is 0.679. The highest BCUT2D eigenvalue weighted by molar-refractivity contribution is 7.16. The second-order valence-electron chi connectivity index (χ2n) is 4.64. The summed E-state index contributed by atoms with van der Waals surface area (Å²) in [6, 6.07) is 7.52. The number of hydrogen-bond donors (Lipinski definition) is 0. The van der Waals surface area contributed by atoms with Crippen LogP contribution >= 0.6 is 11.3 Å². The average molecular weight is 301 g/mol. The lowest BCUT2D eigenvalue weighted by Crippen LogP contribution is -1.95. The minimum absolute atomic E-state index is 0.483. The summed E-state index contributed by atoms with van der Waals surface area (Å²) >= 11 is 1.53. The van der Waals surface area contributed by atoms with Gasteiger partial charge in [0.1, 0.15) is 22.1 Å². The van der Waals surface area contributed by atoms with Crippen LogP contribution in [-0.4, -0.2) is 28.0 Å². The molecule has 0 fully saturated rings. The van der Waals surface area contributed by atoms with Gasteiger partial charge in [0.05, 0.1) is 7.11 Å². The first kappa shape index (κ1) is 13.8. The lowest BCUT2D eigenvalue weighted by atomic mass is 10.1. The molecule has 0 aliphatic rings. The van der Waals surface area contributed by atoms with Crippen LogP contribution in [0.4, 0.5) is 0 Å². The second kappa shape index (κ2) is 5.65. The van der Waals surface area contributed by atoms with Crippen molar-refractivity contribution < 1.29 is 9.53 Å². The van der Waals surface area contributed by atoms with Crippen LogP contribution in [0.15, 0.2) is 24.3 Å². The lowest BCUT2D eigenvalue weighted by Gasteiger charge is -2.02. The Morgan fingerprint density at radius 2 is 2.29 bits per heavy atom. The maximum absolute atomic E-state index is 11.5. The SMILES string of the molecule is CCCc1nn2c(C=O)c(-c3cccc(OC)c3)nc2s1. The molecule has 5 nitrogen and oxygen atoms in total. The van der Waals surface area contributed by atoms with Crippen LogP contribution in [0.5, 0.6) is 5.75 Å². The number of aryl methyl sites for hydroxylation is 1. The number of aldehydes is 1. The molecule has 108 valence electrons. The number of nitrogens with zero attached hydrogens (tertiary/aromatic N) is 3. The topological polar surface area (TPSA) is 56.5 Å². The van der Waals surface area contributed by atoms with Gasteiger partial charge >= 0.3 is 0 Å². The Hall–Kier alpha value is -2.21. The van der Waals surface area contributed by atoms with E-state index in [0.717, 1.165) is 40.4 Å². The number of rotatable bonds is 5. The van der Waals surface area contributed by atoms with E-state index in [1.165, 1.54) is 11.3 Å². The predicted octanol–water partition coefficient (Wildman–Crippen LogP) is 3.23. The summed E-state index contributed by atoms with van der Waals surface area (Å²) < 4.78 is 6.86. The van der Waals surface area contributed by atoms with Gasteiger partial charge in [-0.2, -0.15) is 9.61 Å². The van der Waals surface area contributed by atoms with E-state index in [1.807, 2.05) is 24.3 Å². The van der Waals surface area contributed by atoms with E-state index in [2.05, 4.69) is 17.0 Å². The van der Waals surface area contributed by atoms with Gasteiger partial charge in [-0.05, 0) is 18.6 Å². The van der Waals surface area contributed by atoms with Gasteiger partial charge in [-0.25, -0.2) is 4.98 Å². The zero-order valence-electron chi connectivity index (χ0n) is 11.9. The Balaban J connectivity index is 2.13. The average Bonchev–Trinajstić information content (AvgIpc) is 3.04. The molecule has 1 aromatic carbocycles. The third-order valence-electron chi connectivity index (χ3n) is 3.20. The first-order valence-electron chi connectivity index (χ1n) is 6.75. The molecule has 2 aromatic heterocycles. The maximum atomic E-state index is 11.5. The molecule has 0 bridgehead atoms. The summed E-state index contributed by atoms with van der Waals surface area (Å²) in [5.41, 5.74) is 1.98. The first-order valence-corrected chi connectivity index (χ1v) is 7.56. The molecule has 3 aromatic rings. The minimum atomic E-state index is 0.483. The van der Waals surface area contributed by atoms with E-state index >= 15 is 0 Å². The third kappa shape index (κ3) is 2.42. The summed E-state index contributed by atoms with van der Waals surface area (Å²) in [7, 11) is 1.62. The molecular formula is C15H15N3O2S. The van der Waals surface area contributed by atoms with Crippen molar-refractivity contribution >= 4 is 22.6 Å². The largest absolute Gasteiger partial charge is 0.497 e. The Morgan fingerprint density at radius 1 is 1.43 bits per heavy atom. The van der Waals surface area contributed by atoms with Crippen molar-refractivity contribution in [2.45, 2.75) is 19.8 Å². The highest BCUT2D eigenvalue weighted by Crippen LogP contribution is 2.28. The van der Waals surface area contributed by atoms with E-state index in [0.29, 0.717) is 11.4 Å². The van der Waals surface area contributed by atoms with Crippen molar-refractivity contribution in [3.8, 4) is 17.0 Å². The number of fused-ring (bicyclic) bond motifs is 1. The molecule has 0 aliphatic heterocycles. The van der Waals surface area contributed by atoms with Gasteiger partial charge in [-0.1, -0.05) is 30.4 Å². The highest BCUT2D eigenvalue weighted by Gasteiger charge is 2.17. The number of hydrogen-bond acceptors (Lipinski definition) is 5. The van der Waals surface area contributed by atoms with Crippen LogP contribution in [-0.2, 0) is 6.42 Å². The molecule has 0 spiro atoms. The van der Waals surface area contributed by atoms with Crippen molar-refractivity contribution in [3.05, 3.63) is 35.0 Å². The van der Waals surface area contributed by atoms with Gasteiger partial charge in [-0.15, -0.1) is 0 Å². The minimum Gasteiger partial charge on any atom is -0.497 e. The fraction of sp³-hybridized carbons (Fsp3) is 0.267. The number of imidazole rings is 1. The van der Waals surface area contributed by atoms with E-state index in [1.54, 1.807) is 11.6 Å². The first-order chi connectivity index (χ1) is 10.3. The number of carbonyl (C=O) groups is 1. The van der Waals surface area contributed by atoms with Crippen molar-refractivity contribution in [2.75, 3.05) is 7.11 Å². The van der Waals surface area contributed by atoms with Gasteiger partial charge in [0, 0.05) is 12.0 Å². The Labute approximate surface area is 126 Å². The van der Waals surface area contributed by atoms with E-state index in [-0.39, 0.29) is 0 Å². The van der Waals surface area contributed by atoms with Gasteiger partial charge in [0.2, 0.25) is 4.96 Å². The smallest absolute Gasteiger partial charge is 0.213 e. The molecule has 0 N–H and O–H groups in total. The van der Waals surface area contributed by atoms with E-state index in [4.69, 9.17) is 4.74 Å². The fourth-order valence-corrected chi connectivity index (χ4v) is 3.21. The van der Waals surface area contributed by atoms with Crippen LogP contribution in [0, 0.1) is 0 Å². The van der Waals surface area contributed by atoms with Crippen LogP contribution < -0.4 is 4.74 Å². The fourth-order valence-electron chi connectivity index (χ4n) is 2.21. The number of aromatic nitrogens is 3. The van der Waals surface area contributed by atoms with Crippen molar-refractivity contribution in [2.24, 2.45) is 0 Å². The zero-order valence-corrected chi connectivity index (χ0v) is 12.7. The predicted molar refractivity (Wildman–Crippen MR) is 82.2 cm³/mol. The number of ether oxygens (including phenoxy) is 1. The molecule has 2 heterocycles. The Kier molecular flexibility index (Phi) is 3.70. The van der Waals surface area contributed by atoms with Gasteiger partial charge in [0.15, 0.2) is 6.29 Å². The molecule has 0 aliphatic carbocycles. The van der Waals surface area contributed by atoms with Gasteiger partial charge in [-0.3, -0.25) is 4.79 Å². The lowest BCUT2D eigenvalue weighted by molar-refractivity contribution is 0.111. The highest BCUT2D eigenvalue weighted by atomic mass is 32.1. The summed E-state index contributed by atoms with van der Waals surface area (Å²) in [5.74, 6) is 0.736. The molecule has 21 heavy (non-hydrogen) atoms. The normalized spacial score (nSPS) is 11.0. The molecule has 6 heteroatoms. The zero-order chi connectivity index (χ0) is 14.8. The third-order valence-corrected chi connectivity index (χ3v) is 4.17. The second-order valence-corrected chi connectivity index (χ2v) is 5.68. The standard InChI is InChI=1S/C15H15N3O2S/c1-3-5-13-17-18-12(9-19)14(16-15(18)21-13)10-6-4-7-11(8-10)20-2/h4,6-9H,3,5H2,1-2H3. The molecule has 0 radical (unpaired) electrons. The molecule has 0 unspecified atom stereocenters. The monoisotopic (exact) mass is 301 g/mol. The van der Waals surface area contributed by atoms with E-state index in [9.17, 15) is 4.79 Å². The molecule has 3 rings (SSSR count). The summed E-state index contributed by atoms with van der Waals surface area (Å²) in [5, 5.41) is 5.47. The van der Waals surface area contributed by atoms with Crippen molar-refractivity contribution in [1.29, 1.82) is 0 Å². The molecular weight excluding hydrogens is 286 g/mol.